The Labute approximate surface area is 212 Å². The van der Waals surface area contributed by atoms with Crippen LogP contribution >= 0.6 is 0 Å². The van der Waals surface area contributed by atoms with Gasteiger partial charge < -0.3 is 24.8 Å². The molecule has 3 atom stereocenters. The van der Waals surface area contributed by atoms with Crippen molar-refractivity contribution in [1.29, 1.82) is 0 Å². The maximum absolute atomic E-state index is 12.8. The molecule has 36 heavy (non-hydrogen) atoms. The van der Waals surface area contributed by atoms with E-state index in [1.807, 2.05) is 63.2 Å². The van der Waals surface area contributed by atoms with Crippen molar-refractivity contribution in [2.75, 3.05) is 6.61 Å². The fraction of sp³-hybridized carbons (Fsp3) is 0.448. The van der Waals surface area contributed by atoms with E-state index in [0.29, 0.717) is 18.6 Å². The summed E-state index contributed by atoms with van der Waals surface area (Å²) in [5.74, 6) is -1.93. The van der Waals surface area contributed by atoms with Crippen LogP contribution in [0.1, 0.15) is 63.2 Å². The second kappa shape index (κ2) is 11.7. The Morgan fingerprint density at radius 2 is 1.69 bits per heavy atom. The van der Waals surface area contributed by atoms with Crippen molar-refractivity contribution in [2.45, 2.75) is 70.7 Å². The van der Waals surface area contributed by atoms with E-state index in [1.54, 1.807) is 12.1 Å². The summed E-state index contributed by atoms with van der Waals surface area (Å²) in [6, 6.07) is 16.8. The Bertz CT molecular complexity index is 1060. The van der Waals surface area contributed by atoms with E-state index >= 15 is 0 Å². The Kier molecular flexibility index (Phi) is 8.93. The van der Waals surface area contributed by atoms with Crippen molar-refractivity contribution in [1.82, 2.24) is 0 Å². The molecule has 0 spiro atoms. The highest BCUT2D eigenvalue weighted by Crippen LogP contribution is 2.48. The summed E-state index contributed by atoms with van der Waals surface area (Å²) < 4.78 is 11.4. The van der Waals surface area contributed by atoms with Crippen LogP contribution < -0.4 is 0 Å². The molecule has 1 saturated carbocycles. The smallest absolute Gasteiger partial charge is 0.338 e. The molecule has 0 heterocycles. The summed E-state index contributed by atoms with van der Waals surface area (Å²) in [5.41, 5.74) is 0.351. The van der Waals surface area contributed by atoms with Crippen LogP contribution in [-0.4, -0.2) is 51.7 Å². The molecule has 7 nitrogen and oxygen atoms in total. The number of esters is 1. The van der Waals surface area contributed by atoms with Crippen molar-refractivity contribution < 1.29 is 34.4 Å². The highest BCUT2D eigenvalue weighted by molar-refractivity contribution is 5.90. The van der Waals surface area contributed by atoms with Crippen LogP contribution in [0.4, 0.5) is 0 Å². The van der Waals surface area contributed by atoms with E-state index in [2.05, 4.69) is 0 Å². The van der Waals surface area contributed by atoms with Crippen LogP contribution in [0.15, 0.2) is 66.4 Å². The third-order valence-electron chi connectivity index (χ3n) is 6.68. The molecule has 2 aromatic carbocycles. The van der Waals surface area contributed by atoms with Crippen LogP contribution in [0.5, 0.6) is 0 Å². The number of aliphatic carboxylic acids is 1. The first-order valence-electron chi connectivity index (χ1n) is 12.4. The minimum atomic E-state index is -1.44. The number of ether oxygens (including phenoxy) is 2. The van der Waals surface area contributed by atoms with Gasteiger partial charge in [-0.15, -0.1) is 0 Å². The van der Waals surface area contributed by atoms with Gasteiger partial charge in [0.2, 0.25) is 0 Å². The average molecular weight is 497 g/mol. The summed E-state index contributed by atoms with van der Waals surface area (Å²) in [6.07, 6.45) is 0.361. The first-order valence-corrected chi connectivity index (χ1v) is 12.4. The minimum absolute atomic E-state index is 0.00683. The molecule has 0 radical (unpaired) electrons. The zero-order chi connectivity index (χ0) is 26.3. The molecule has 7 heteroatoms. The van der Waals surface area contributed by atoms with E-state index in [4.69, 9.17) is 9.47 Å². The van der Waals surface area contributed by atoms with Gasteiger partial charge in [0, 0.05) is 19.4 Å². The van der Waals surface area contributed by atoms with Crippen molar-refractivity contribution in [2.24, 2.45) is 5.41 Å². The fourth-order valence-electron chi connectivity index (χ4n) is 4.65. The van der Waals surface area contributed by atoms with Crippen LogP contribution in [-0.2, 0) is 14.3 Å². The van der Waals surface area contributed by atoms with Crippen LogP contribution in [0.3, 0.4) is 0 Å². The molecule has 2 aromatic rings. The topological polar surface area (TPSA) is 113 Å². The SMILES string of the molecule is CCCOC(C)(C)C/C=C(/O)[C@@]1(CC(=O)O)C[C@H](OC(=O)c2ccc(-c3ccccc3)cc2)C[C@@H]1O. The first-order chi connectivity index (χ1) is 17.1. The molecule has 1 aliphatic carbocycles. The van der Waals surface area contributed by atoms with Crippen molar-refractivity contribution in [3.05, 3.63) is 72.0 Å². The third kappa shape index (κ3) is 6.74. The summed E-state index contributed by atoms with van der Waals surface area (Å²) in [5, 5.41) is 31.4. The lowest BCUT2D eigenvalue weighted by Gasteiger charge is -2.31. The second-order valence-electron chi connectivity index (χ2n) is 10.1. The zero-order valence-corrected chi connectivity index (χ0v) is 21.1. The maximum Gasteiger partial charge on any atom is 0.338 e. The van der Waals surface area contributed by atoms with Gasteiger partial charge in [0.05, 0.1) is 34.9 Å². The quantitative estimate of drug-likeness (QED) is 0.277. The molecular weight excluding hydrogens is 460 g/mol. The summed E-state index contributed by atoms with van der Waals surface area (Å²) >= 11 is 0. The number of carbonyl (C=O) groups is 2. The van der Waals surface area contributed by atoms with Crippen molar-refractivity contribution >= 4 is 11.9 Å². The van der Waals surface area contributed by atoms with Gasteiger partial charge in [0.25, 0.3) is 0 Å². The number of hydrogen-bond donors (Lipinski definition) is 3. The Balaban J connectivity index is 1.72. The van der Waals surface area contributed by atoms with E-state index < -0.39 is 41.6 Å². The maximum atomic E-state index is 12.8. The molecule has 3 rings (SSSR count). The largest absolute Gasteiger partial charge is 0.512 e. The number of aliphatic hydroxyl groups excluding tert-OH is 2. The highest BCUT2D eigenvalue weighted by Gasteiger charge is 2.52. The third-order valence-corrected chi connectivity index (χ3v) is 6.68. The molecule has 0 saturated heterocycles. The van der Waals surface area contributed by atoms with Gasteiger partial charge >= 0.3 is 11.9 Å². The number of benzene rings is 2. The predicted molar refractivity (Wildman–Crippen MR) is 137 cm³/mol. The van der Waals surface area contributed by atoms with Gasteiger partial charge in [-0.05, 0) is 56.0 Å². The van der Waals surface area contributed by atoms with E-state index in [0.717, 1.165) is 17.5 Å². The molecule has 0 unspecified atom stereocenters. The number of carboxylic acid groups (broad SMARTS) is 1. The molecule has 1 aliphatic rings. The number of carboxylic acids is 1. The first kappa shape index (κ1) is 27.4. The lowest BCUT2D eigenvalue weighted by Crippen LogP contribution is -2.35. The molecule has 1 fully saturated rings. The monoisotopic (exact) mass is 496 g/mol. The molecular formula is C29H36O7. The summed E-state index contributed by atoms with van der Waals surface area (Å²) in [7, 11) is 0. The minimum Gasteiger partial charge on any atom is -0.512 e. The van der Waals surface area contributed by atoms with Gasteiger partial charge in [-0.25, -0.2) is 4.79 Å². The van der Waals surface area contributed by atoms with Crippen LogP contribution in [0.2, 0.25) is 0 Å². The molecule has 3 N–H and O–H groups in total. The van der Waals surface area contributed by atoms with Gasteiger partial charge in [-0.3, -0.25) is 4.79 Å². The normalized spacial score (nSPS) is 22.4. The molecule has 0 bridgehead atoms. The lowest BCUT2D eigenvalue weighted by molar-refractivity contribution is -0.141. The van der Waals surface area contributed by atoms with E-state index in [9.17, 15) is 24.9 Å². The lowest BCUT2D eigenvalue weighted by atomic mass is 9.77. The van der Waals surface area contributed by atoms with E-state index in [1.165, 1.54) is 6.08 Å². The zero-order valence-electron chi connectivity index (χ0n) is 21.1. The Morgan fingerprint density at radius 1 is 1.06 bits per heavy atom. The van der Waals surface area contributed by atoms with Crippen molar-refractivity contribution in [3.8, 4) is 11.1 Å². The average Bonchev–Trinajstić information content (AvgIpc) is 3.16. The van der Waals surface area contributed by atoms with Gasteiger partial charge in [-0.1, -0.05) is 49.4 Å². The fourth-order valence-corrected chi connectivity index (χ4v) is 4.65. The van der Waals surface area contributed by atoms with Crippen LogP contribution in [0.25, 0.3) is 11.1 Å². The standard InChI is InChI=1S/C29H36O7/c1-4-16-35-28(2,3)15-14-24(30)29(19-26(32)33)18-23(17-25(29)31)36-27(34)22-12-10-21(11-13-22)20-8-6-5-7-9-20/h5-14,23,25,30-31H,4,15-19H2,1-3H3,(H,32,33)/b24-14+/t23-,25+,29+/m1/s1. The summed E-state index contributed by atoms with van der Waals surface area (Å²) in [4.78, 5) is 24.5. The summed E-state index contributed by atoms with van der Waals surface area (Å²) in [6.45, 7) is 6.33. The Morgan fingerprint density at radius 3 is 2.31 bits per heavy atom. The number of hydrogen-bond acceptors (Lipinski definition) is 6. The van der Waals surface area contributed by atoms with Crippen molar-refractivity contribution in [3.63, 3.8) is 0 Å². The Hall–Kier alpha value is -3.16. The van der Waals surface area contributed by atoms with E-state index in [-0.39, 0.29) is 18.6 Å². The molecule has 0 amide bonds. The number of rotatable bonds is 11. The molecule has 194 valence electrons. The predicted octanol–water partition coefficient (Wildman–Crippen LogP) is 5.53. The van der Waals surface area contributed by atoms with Gasteiger partial charge in [0.1, 0.15) is 6.10 Å². The number of aliphatic hydroxyl groups is 2. The molecule has 0 aromatic heterocycles. The second-order valence-corrected chi connectivity index (χ2v) is 10.1. The number of carbonyl (C=O) groups excluding carboxylic acids is 1. The highest BCUT2D eigenvalue weighted by atomic mass is 16.5. The van der Waals surface area contributed by atoms with Gasteiger partial charge in [0.15, 0.2) is 0 Å². The van der Waals surface area contributed by atoms with Crippen LogP contribution in [0, 0.1) is 5.41 Å². The van der Waals surface area contributed by atoms with Gasteiger partial charge in [-0.2, -0.15) is 0 Å². The molecule has 0 aliphatic heterocycles.